The molecule has 1 rings (SSSR count). The summed E-state index contributed by atoms with van der Waals surface area (Å²) in [5.41, 5.74) is 2.25. The molecular formula is C15H22N2O3. The average molecular weight is 278 g/mol. The van der Waals surface area contributed by atoms with Gasteiger partial charge >= 0.3 is 12.0 Å². The van der Waals surface area contributed by atoms with E-state index in [0.717, 1.165) is 11.1 Å². The van der Waals surface area contributed by atoms with Gasteiger partial charge in [-0.3, -0.25) is 4.79 Å². The SMILES string of the molecule is Cc1ccccc1CN(C)C(=O)NCC(C)CC(=O)O. The van der Waals surface area contributed by atoms with Crippen LogP contribution in [0.1, 0.15) is 24.5 Å². The first-order chi connectivity index (χ1) is 9.40. The molecule has 0 aliphatic heterocycles. The molecule has 5 heteroatoms. The Morgan fingerprint density at radius 1 is 1.35 bits per heavy atom. The van der Waals surface area contributed by atoms with E-state index in [-0.39, 0.29) is 18.4 Å². The van der Waals surface area contributed by atoms with E-state index in [4.69, 9.17) is 5.11 Å². The molecule has 0 aliphatic rings. The number of nitrogens with zero attached hydrogens (tertiary/aromatic N) is 1. The lowest BCUT2D eigenvalue weighted by Gasteiger charge is -2.20. The zero-order valence-corrected chi connectivity index (χ0v) is 12.2. The van der Waals surface area contributed by atoms with Gasteiger partial charge in [-0.2, -0.15) is 0 Å². The number of aliphatic carboxylic acids is 1. The minimum Gasteiger partial charge on any atom is -0.481 e. The summed E-state index contributed by atoms with van der Waals surface area (Å²) in [6.07, 6.45) is 0.0573. The number of aryl methyl sites for hydroxylation is 1. The first-order valence-corrected chi connectivity index (χ1v) is 6.65. The number of nitrogens with one attached hydrogen (secondary N) is 1. The number of hydrogen-bond acceptors (Lipinski definition) is 2. The van der Waals surface area contributed by atoms with Crippen molar-refractivity contribution in [3.8, 4) is 0 Å². The summed E-state index contributed by atoms with van der Waals surface area (Å²) in [6.45, 7) is 4.71. The topological polar surface area (TPSA) is 69.6 Å². The van der Waals surface area contributed by atoms with Gasteiger partial charge in [-0.15, -0.1) is 0 Å². The summed E-state index contributed by atoms with van der Waals surface area (Å²) < 4.78 is 0. The third-order valence-corrected chi connectivity index (χ3v) is 3.14. The molecule has 0 saturated carbocycles. The number of carbonyl (C=O) groups is 2. The van der Waals surface area contributed by atoms with Crippen LogP contribution in [0.4, 0.5) is 4.79 Å². The third-order valence-electron chi connectivity index (χ3n) is 3.14. The zero-order valence-electron chi connectivity index (χ0n) is 12.2. The summed E-state index contributed by atoms with van der Waals surface area (Å²) in [5.74, 6) is -0.927. The number of hydrogen-bond donors (Lipinski definition) is 2. The quantitative estimate of drug-likeness (QED) is 0.838. The number of carbonyl (C=O) groups excluding carboxylic acids is 1. The van der Waals surface area contributed by atoms with Crippen LogP contribution in [0.5, 0.6) is 0 Å². The summed E-state index contributed by atoms with van der Waals surface area (Å²) >= 11 is 0. The molecule has 0 saturated heterocycles. The van der Waals surface area contributed by atoms with E-state index in [9.17, 15) is 9.59 Å². The van der Waals surface area contributed by atoms with Crippen LogP contribution in [0.25, 0.3) is 0 Å². The van der Waals surface area contributed by atoms with Gasteiger partial charge in [0.25, 0.3) is 0 Å². The number of benzene rings is 1. The van der Waals surface area contributed by atoms with Crippen LogP contribution in [0.3, 0.4) is 0 Å². The smallest absolute Gasteiger partial charge is 0.317 e. The summed E-state index contributed by atoms with van der Waals surface area (Å²) in [5, 5.41) is 11.4. The van der Waals surface area contributed by atoms with Crippen LogP contribution < -0.4 is 5.32 Å². The summed E-state index contributed by atoms with van der Waals surface area (Å²) in [7, 11) is 1.73. The fraction of sp³-hybridized carbons (Fsp3) is 0.467. The number of carboxylic acids is 1. The molecule has 1 atom stereocenters. The van der Waals surface area contributed by atoms with Gasteiger partial charge in [-0.25, -0.2) is 4.79 Å². The molecule has 110 valence electrons. The molecule has 0 fully saturated rings. The van der Waals surface area contributed by atoms with Crippen molar-refractivity contribution < 1.29 is 14.7 Å². The van der Waals surface area contributed by atoms with E-state index in [1.807, 2.05) is 31.2 Å². The molecule has 1 aromatic carbocycles. The Labute approximate surface area is 119 Å². The monoisotopic (exact) mass is 278 g/mol. The maximum absolute atomic E-state index is 11.9. The lowest BCUT2D eigenvalue weighted by Crippen LogP contribution is -2.39. The van der Waals surface area contributed by atoms with Crippen LogP contribution in [-0.2, 0) is 11.3 Å². The Bertz CT molecular complexity index is 474. The molecule has 0 aliphatic carbocycles. The minimum absolute atomic E-state index is 0.0573. The highest BCUT2D eigenvalue weighted by Crippen LogP contribution is 2.09. The van der Waals surface area contributed by atoms with Crippen molar-refractivity contribution >= 4 is 12.0 Å². The Hall–Kier alpha value is -2.04. The maximum atomic E-state index is 11.9. The lowest BCUT2D eigenvalue weighted by molar-refractivity contribution is -0.137. The molecular weight excluding hydrogens is 256 g/mol. The van der Waals surface area contributed by atoms with Crippen molar-refractivity contribution in [1.82, 2.24) is 10.2 Å². The molecule has 1 unspecified atom stereocenters. The van der Waals surface area contributed by atoms with Gasteiger partial charge < -0.3 is 15.3 Å². The highest BCUT2D eigenvalue weighted by Gasteiger charge is 2.13. The molecule has 5 nitrogen and oxygen atoms in total. The van der Waals surface area contributed by atoms with Crippen molar-refractivity contribution in [1.29, 1.82) is 0 Å². The molecule has 0 spiro atoms. The highest BCUT2D eigenvalue weighted by molar-refractivity contribution is 5.74. The molecule has 2 amide bonds. The second-order valence-electron chi connectivity index (χ2n) is 5.17. The molecule has 0 heterocycles. The van der Waals surface area contributed by atoms with Crippen LogP contribution in [0.15, 0.2) is 24.3 Å². The standard InChI is InChI=1S/C15H22N2O3/c1-11(8-14(18)19)9-16-15(20)17(3)10-13-7-5-4-6-12(13)2/h4-7,11H,8-10H2,1-3H3,(H,16,20)(H,18,19). The summed E-state index contributed by atoms with van der Waals surface area (Å²) in [6, 6.07) is 7.73. The second kappa shape index (κ2) is 7.53. The van der Waals surface area contributed by atoms with Gasteiger partial charge in [0, 0.05) is 26.6 Å². The molecule has 0 bridgehead atoms. The van der Waals surface area contributed by atoms with E-state index in [1.54, 1.807) is 18.9 Å². The highest BCUT2D eigenvalue weighted by atomic mass is 16.4. The average Bonchev–Trinajstić information content (AvgIpc) is 2.37. The fourth-order valence-corrected chi connectivity index (χ4v) is 1.88. The molecule has 0 radical (unpaired) electrons. The van der Waals surface area contributed by atoms with Gasteiger partial charge in [-0.05, 0) is 24.0 Å². The van der Waals surface area contributed by atoms with Crippen LogP contribution >= 0.6 is 0 Å². The van der Waals surface area contributed by atoms with E-state index in [1.165, 1.54) is 0 Å². The summed E-state index contributed by atoms with van der Waals surface area (Å²) in [4.78, 5) is 24.1. The largest absolute Gasteiger partial charge is 0.481 e. The predicted octanol–water partition coefficient (Wildman–Crippen LogP) is 2.25. The fourth-order valence-electron chi connectivity index (χ4n) is 1.88. The second-order valence-corrected chi connectivity index (χ2v) is 5.17. The van der Waals surface area contributed by atoms with Gasteiger partial charge in [0.15, 0.2) is 0 Å². The van der Waals surface area contributed by atoms with Crippen molar-refractivity contribution in [2.45, 2.75) is 26.8 Å². The molecule has 20 heavy (non-hydrogen) atoms. The van der Waals surface area contributed by atoms with Crippen LogP contribution in [0.2, 0.25) is 0 Å². The van der Waals surface area contributed by atoms with Crippen molar-refractivity contribution in [3.05, 3.63) is 35.4 Å². The van der Waals surface area contributed by atoms with Crippen LogP contribution in [0, 0.1) is 12.8 Å². The third kappa shape index (κ3) is 5.30. The Kier molecular flexibility index (Phi) is 6.03. The normalized spacial score (nSPS) is 11.8. The number of urea groups is 1. The van der Waals surface area contributed by atoms with Crippen molar-refractivity contribution in [2.75, 3.05) is 13.6 Å². The van der Waals surface area contributed by atoms with E-state index >= 15 is 0 Å². The Morgan fingerprint density at radius 2 is 2.00 bits per heavy atom. The van der Waals surface area contributed by atoms with Crippen molar-refractivity contribution in [3.63, 3.8) is 0 Å². The molecule has 2 N–H and O–H groups in total. The molecule has 0 aromatic heterocycles. The predicted molar refractivity (Wildman–Crippen MR) is 77.5 cm³/mol. The number of carboxylic acid groups (broad SMARTS) is 1. The van der Waals surface area contributed by atoms with E-state index in [2.05, 4.69) is 5.32 Å². The maximum Gasteiger partial charge on any atom is 0.317 e. The van der Waals surface area contributed by atoms with Gasteiger partial charge in [0.2, 0.25) is 0 Å². The zero-order chi connectivity index (χ0) is 15.1. The van der Waals surface area contributed by atoms with Gasteiger partial charge in [-0.1, -0.05) is 31.2 Å². The van der Waals surface area contributed by atoms with Crippen molar-refractivity contribution in [2.24, 2.45) is 5.92 Å². The Balaban J connectivity index is 2.44. The van der Waals surface area contributed by atoms with Gasteiger partial charge in [0.1, 0.15) is 0 Å². The minimum atomic E-state index is -0.847. The van der Waals surface area contributed by atoms with E-state index < -0.39 is 5.97 Å². The molecule has 1 aromatic rings. The lowest BCUT2D eigenvalue weighted by atomic mass is 10.1. The number of amides is 2. The number of rotatable bonds is 6. The van der Waals surface area contributed by atoms with Crippen LogP contribution in [-0.4, -0.2) is 35.6 Å². The van der Waals surface area contributed by atoms with E-state index in [0.29, 0.717) is 13.1 Å². The first-order valence-electron chi connectivity index (χ1n) is 6.65. The first kappa shape index (κ1) is 16.0. The van der Waals surface area contributed by atoms with Gasteiger partial charge in [0.05, 0.1) is 0 Å². The Morgan fingerprint density at radius 3 is 2.60 bits per heavy atom.